The Hall–Kier alpha value is -1.35. The van der Waals surface area contributed by atoms with Gasteiger partial charge in [-0.05, 0) is 38.3 Å². The van der Waals surface area contributed by atoms with Crippen molar-refractivity contribution in [1.82, 2.24) is 0 Å². The van der Waals surface area contributed by atoms with Gasteiger partial charge in [-0.3, -0.25) is 4.79 Å². The van der Waals surface area contributed by atoms with Gasteiger partial charge in [0.05, 0.1) is 5.41 Å². The van der Waals surface area contributed by atoms with Gasteiger partial charge in [-0.25, -0.2) is 0 Å². The van der Waals surface area contributed by atoms with Crippen molar-refractivity contribution >= 4 is 11.6 Å². The summed E-state index contributed by atoms with van der Waals surface area (Å²) in [6.07, 6.45) is 2.09. The van der Waals surface area contributed by atoms with Crippen molar-refractivity contribution in [3.05, 3.63) is 29.8 Å². The summed E-state index contributed by atoms with van der Waals surface area (Å²) in [5.74, 6) is 0.132. The SMILES string of the molecule is CC(C)(CN)C(=O)N1CCCc2ccccc21. The second-order valence-electron chi connectivity index (χ2n) is 5.28. The maximum Gasteiger partial charge on any atom is 0.233 e. The van der Waals surface area contributed by atoms with Gasteiger partial charge in [0, 0.05) is 18.8 Å². The molecule has 3 nitrogen and oxygen atoms in total. The van der Waals surface area contributed by atoms with Crippen LogP contribution in [0.15, 0.2) is 24.3 Å². The molecule has 0 fully saturated rings. The Morgan fingerprint density at radius 1 is 1.41 bits per heavy atom. The number of nitrogens with two attached hydrogens (primary N) is 1. The van der Waals surface area contributed by atoms with Crippen LogP contribution in [0.25, 0.3) is 0 Å². The van der Waals surface area contributed by atoms with Crippen molar-refractivity contribution in [1.29, 1.82) is 0 Å². The second-order valence-corrected chi connectivity index (χ2v) is 5.28. The molecular formula is C14H20N2O. The molecule has 1 aliphatic rings. The molecule has 0 atom stereocenters. The summed E-state index contributed by atoms with van der Waals surface area (Å²) in [4.78, 5) is 14.4. The third kappa shape index (κ3) is 2.20. The zero-order valence-electron chi connectivity index (χ0n) is 10.6. The standard InChI is InChI=1S/C14H20N2O/c1-14(2,10-15)13(17)16-9-5-7-11-6-3-4-8-12(11)16/h3-4,6,8H,5,7,9-10,15H2,1-2H3. The highest BCUT2D eigenvalue weighted by atomic mass is 16.2. The van der Waals surface area contributed by atoms with Crippen LogP contribution < -0.4 is 10.6 Å². The van der Waals surface area contributed by atoms with E-state index in [-0.39, 0.29) is 5.91 Å². The van der Waals surface area contributed by atoms with E-state index < -0.39 is 5.41 Å². The second kappa shape index (κ2) is 4.49. The molecule has 1 aliphatic heterocycles. The first-order chi connectivity index (χ1) is 8.06. The third-order valence-corrected chi connectivity index (χ3v) is 3.44. The number of rotatable bonds is 2. The lowest BCUT2D eigenvalue weighted by molar-refractivity contribution is -0.126. The normalized spacial score (nSPS) is 15.6. The van der Waals surface area contributed by atoms with Gasteiger partial charge in [-0.2, -0.15) is 0 Å². The number of nitrogens with zero attached hydrogens (tertiary/aromatic N) is 1. The van der Waals surface area contributed by atoms with Crippen molar-refractivity contribution in [2.24, 2.45) is 11.1 Å². The quantitative estimate of drug-likeness (QED) is 0.847. The number of benzene rings is 1. The summed E-state index contributed by atoms with van der Waals surface area (Å²) in [6.45, 7) is 5.00. The van der Waals surface area contributed by atoms with E-state index in [1.165, 1.54) is 5.56 Å². The van der Waals surface area contributed by atoms with Crippen molar-refractivity contribution < 1.29 is 4.79 Å². The topological polar surface area (TPSA) is 46.3 Å². The van der Waals surface area contributed by atoms with Gasteiger partial charge in [0.25, 0.3) is 0 Å². The largest absolute Gasteiger partial charge is 0.329 e. The number of carbonyl (C=O) groups is 1. The molecule has 17 heavy (non-hydrogen) atoms. The summed E-state index contributed by atoms with van der Waals surface area (Å²) >= 11 is 0. The van der Waals surface area contributed by atoms with Crippen LogP contribution in [0.1, 0.15) is 25.8 Å². The maximum absolute atomic E-state index is 12.5. The summed E-state index contributed by atoms with van der Waals surface area (Å²) in [6, 6.07) is 8.14. The molecule has 1 aromatic carbocycles. The minimum Gasteiger partial charge on any atom is -0.329 e. The molecular weight excluding hydrogens is 212 g/mol. The molecule has 0 spiro atoms. The Morgan fingerprint density at radius 3 is 2.82 bits per heavy atom. The molecule has 92 valence electrons. The van der Waals surface area contributed by atoms with Gasteiger partial charge in [-0.1, -0.05) is 18.2 Å². The molecule has 3 heteroatoms. The first-order valence-corrected chi connectivity index (χ1v) is 6.16. The zero-order chi connectivity index (χ0) is 12.5. The minimum absolute atomic E-state index is 0.132. The van der Waals surface area contributed by atoms with Gasteiger partial charge in [0.15, 0.2) is 0 Å². The van der Waals surface area contributed by atoms with Gasteiger partial charge in [0.2, 0.25) is 5.91 Å². The van der Waals surface area contributed by atoms with Crippen LogP contribution in [-0.2, 0) is 11.2 Å². The van der Waals surface area contributed by atoms with Crippen molar-refractivity contribution in [2.45, 2.75) is 26.7 Å². The number of hydrogen-bond donors (Lipinski definition) is 1. The Balaban J connectivity index is 2.33. The highest BCUT2D eigenvalue weighted by Gasteiger charge is 2.33. The number of aryl methyl sites for hydroxylation is 1. The van der Waals surface area contributed by atoms with Gasteiger partial charge in [-0.15, -0.1) is 0 Å². The molecule has 0 unspecified atom stereocenters. The van der Waals surface area contributed by atoms with Crippen LogP contribution in [-0.4, -0.2) is 19.0 Å². The number of carbonyl (C=O) groups excluding carboxylic acids is 1. The molecule has 0 saturated carbocycles. The maximum atomic E-state index is 12.5. The summed E-state index contributed by atoms with van der Waals surface area (Å²) in [5, 5.41) is 0. The van der Waals surface area contributed by atoms with Crippen LogP contribution in [0.4, 0.5) is 5.69 Å². The minimum atomic E-state index is -0.482. The van der Waals surface area contributed by atoms with Crippen molar-refractivity contribution in [3.63, 3.8) is 0 Å². The predicted octanol–water partition coefficient (Wildman–Crippen LogP) is 1.95. The van der Waals surface area contributed by atoms with E-state index in [2.05, 4.69) is 6.07 Å². The van der Waals surface area contributed by atoms with E-state index in [0.29, 0.717) is 6.54 Å². The summed E-state index contributed by atoms with van der Waals surface area (Å²) in [5.41, 5.74) is 7.53. The molecule has 0 saturated heterocycles. The first-order valence-electron chi connectivity index (χ1n) is 6.16. The highest BCUT2D eigenvalue weighted by Crippen LogP contribution is 2.30. The lowest BCUT2D eigenvalue weighted by Gasteiger charge is -2.35. The van der Waals surface area contributed by atoms with Gasteiger partial charge < -0.3 is 10.6 Å². The fourth-order valence-corrected chi connectivity index (χ4v) is 2.20. The summed E-state index contributed by atoms with van der Waals surface area (Å²) < 4.78 is 0. The first kappa shape index (κ1) is 12.1. The molecule has 0 bridgehead atoms. The van der Waals surface area contributed by atoms with E-state index in [4.69, 9.17) is 5.73 Å². The smallest absolute Gasteiger partial charge is 0.233 e. The van der Waals surface area contributed by atoms with Crippen LogP contribution in [0.2, 0.25) is 0 Å². The number of fused-ring (bicyclic) bond motifs is 1. The Labute approximate surface area is 103 Å². The fraction of sp³-hybridized carbons (Fsp3) is 0.500. The Bertz CT molecular complexity index is 426. The zero-order valence-corrected chi connectivity index (χ0v) is 10.6. The molecule has 1 aromatic rings. The number of anilines is 1. The summed E-state index contributed by atoms with van der Waals surface area (Å²) in [7, 11) is 0. The van der Waals surface area contributed by atoms with E-state index in [1.807, 2.05) is 36.9 Å². The van der Waals surface area contributed by atoms with Crippen LogP contribution in [0, 0.1) is 5.41 Å². The predicted molar refractivity (Wildman–Crippen MR) is 70.0 cm³/mol. The molecule has 1 heterocycles. The van der Waals surface area contributed by atoms with Crippen LogP contribution in [0.5, 0.6) is 0 Å². The highest BCUT2D eigenvalue weighted by molar-refractivity contribution is 5.98. The average Bonchev–Trinajstić information content (AvgIpc) is 2.37. The number of para-hydroxylation sites is 1. The molecule has 1 amide bonds. The molecule has 2 rings (SSSR count). The van der Waals surface area contributed by atoms with Gasteiger partial charge >= 0.3 is 0 Å². The van der Waals surface area contributed by atoms with Crippen LogP contribution >= 0.6 is 0 Å². The Morgan fingerprint density at radius 2 is 2.12 bits per heavy atom. The third-order valence-electron chi connectivity index (χ3n) is 3.44. The molecule has 2 N–H and O–H groups in total. The molecule has 0 aliphatic carbocycles. The number of hydrogen-bond acceptors (Lipinski definition) is 2. The van der Waals surface area contributed by atoms with Crippen LogP contribution in [0.3, 0.4) is 0 Å². The van der Waals surface area contributed by atoms with E-state index in [1.54, 1.807) is 0 Å². The monoisotopic (exact) mass is 232 g/mol. The fourth-order valence-electron chi connectivity index (χ4n) is 2.20. The lowest BCUT2D eigenvalue weighted by Crippen LogP contribution is -2.46. The van der Waals surface area contributed by atoms with Crippen molar-refractivity contribution in [2.75, 3.05) is 18.0 Å². The van der Waals surface area contributed by atoms with E-state index >= 15 is 0 Å². The molecule has 0 radical (unpaired) electrons. The Kier molecular flexibility index (Phi) is 3.20. The number of amides is 1. The van der Waals surface area contributed by atoms with Gasteiger partial charge in [0.1, 0.15) is 0 Å². The lowest BCUT2D eigenvalue weighted by atomic mass is 9.90. The average molecular weight is 232 g/mol. The van der Waals surface area contributed by atoms with E-state index in [0.717, 1.165) is 25.1 Å². The van der Waals surface area contributed by atoms with E-state index in [9.17, 15) is 4.79 Å². The van der Waals surface area contributed by atoms with Crippen molar-refractivity contribution in [3.8, 4) is 0 Å². The molecule has 0 aromatic heterocycles.